The van der Waals surface area contributed by atoms with Crippen LogP contribution in [0.1, 0.15) is 77.0 Å². The first-order chi connectivity index (χ1) is 8.55. The number of hydrogen-bond acceptors (Lipinski definition) is 0. The number of rotatable bonds is 3. The summed E-state index contributed by atoms with van der Waals surface area (Å²) in [5.74, 6) is 0.884. The Labute approximate surface area is 129 Å². The van der Waals surface area contributed by atoms with Gasteiger partial charge in [0.05, 0.1) is 0 Å². The highest BCUT2D eigenvalue weighted by Crippen LogP contribution is 2.49. The summed E-state index contributed by atoms with van der Waals surface area (Å²) in [6.45, 7) is 14.5. The van der Waals surface area contributed by atoms with Gasteiger partial charge in [-0.3, -0.25) is 0 Å². The van der Waals surface area contributed by atoms with E-state index < -0.39 is 6.63 Å². The van der Waals surface area contributed by atoms with Crippen LogP contribution in [0.2, 0.25) is 0 Å². The molecule has 0 bridgehead atoms. The maximum absolute atomic E-state index is 6.30. The van der Waals surface area contributed by atoms with Gasteiger partial charge in [-0.15, -0.1) is 0 Å². The third-order valence-electron chi connectivity index (χ3n) is 3.45. The predicted molar refractivity (Wildman–Crippen MR) is 91.6 cm³/mol. The third kappa shape index (κ3) is 4.10. The van der Waals surface area contributed by atoms with Gasteiger partial charge in [-0.2, -0.15) is 0 Å². The SMILES string of the molecule is CC(C)c1cc(C(C)(C)C)cc(C(C)C)c1P(Cl)Cl. The summed E-state index contributed by atoms with van der Waals surface area (Å²) >= 11 is 12.6. The lowest BCUT2D eigenvalue weighted by Crippen LogP contribution is -2.20. The molecule has 0 saturated carbocycles. The Kier molecular flexibility index (Phi) is 5.76. The highest BCUT2D eigenvalue weighted by atomic mass is 35.9. The van der Waals surface area contributed by atoms with Crippen LogP contribution in [0, 0.1) is 0 Å². The second kappa shape index (κ2) is 6.33. The van der Waals surface area contributed by atoms with Crippen molar-refractivity contribution >= 4 is 34.4 Å². The monoisotopic (exact) mass is 318 g/mol. The summed E-state index contributed by atoms with van der Waals surface area (Å²) in [6, 6.07) is 4.60. The van der Waals surface area contributed by atoms with Gasteiger partial charge in [0, 0.05) is 5.30 Å². The predicted octanol–water partition coefficient (Wildman–Crippen LogP) is 6.65. The standard InChI is InChI=1S/C16H25Cl2P/c1-10(2)13-8-12(16(5,6)7)9-14(11(3)4)15(13)19(17)18/h8-11H,1-7H3. The van der Waals surface area contributed by atoms with Crippen LogP contribution in [0.25, 0.3) is 0 Å². The molecular weight excluding hydrogens is 294 g/mol. The van der Waals surface area contributed by atoms with E-state index in [-0.39, 0.29) is 5.41 Å². The molecule has 0 fully saturated rings. The van der Waals surface area contributed by atoms with Crippen molar-refractivity contribution in [2.45, 2.75) is 65.7 Å². The van der Waals surface area contributed by atoms with Gasteiger partial charge < -0.3 is 0 Å². The topological polar surface area (TPSA) is 0 Å². The van der Waals surface area contributed by atoms with Gasteiger partial charge >= 0.3 is 0 Å². The van der Waals surface area contributed by atoms with Gasteiger partial charge in [-0.25, -0.2) is 0 Å². The molecule has 0 aliphatic heterocycles. The van der Waals surface area contributed by atoms with Crippen LogP contribution in [-0.2, 0) is 5.41 Å². The largest absolute Gasteiger partial charge is 0.117 e. The molecule has 0 aromatic heterocycles. The van der Waals surface area contributed by atoms with E-state index in [1.165, 1.54) is 22.0 Å². The van der Waals surface area contributed by atoms with Crippen LogP contribution in [0.4, 0.5) is 0 Å². The first kappa shape index (κ1) is 17.3. The van der Waals surface area contributed by atoms with Gasteiger partial charge in [-0.05, 0) is 33.9 Å². The molecule has 1 aromatic carbocycles. The molecule has 0 N–H and O–H groups in total. The van der Waals surface area contributed by atoms with E-state index in [2.05, 4.69) is 60.6 Å². The Morgan fingerprint density at radius 3 is 1.47 bits per heavy atom. The summed E-state index contributed by atoms with van der Waals surface area (Å²) in [6.07, 6.45) is 0. The lowest BCUT2D eigenvalue weighted by atomic mass is 9.82. The van der Waals surface area contributed by atoms with Crippen molar-refractivity contribution in [1.29, 1.82) is 0 Å². The molecule has 0 amide bonds. The number of halogens is 2. The summed E-state index contributed by atoms with van der Waals surface area (Å²) < 4.78 is 0. The molecule has 0 radical (unpaired) electrons. The molecule has 0 heterocycles. The fourth-order valence-corrected chi connectivity index (χ4v) is 4.40. The fraction of sp³-hybridized carbons (Fsp3) is 0.625. The lowest BCUT2D eigenvalue weighted by Gasteiger charge is -2.27. The van der Waals surface area contributed by atoms with Gasteiger partial charge in [0.1, 0.15) is 6.63 Å². The average molecular weight is 319 g/mol. The van der Waals surface area contributed by atoms with Crippen molar-refractivity contribution in [2.24, 2.45) is 0 Å². The van der Waals surface area contributed by atoms with Gasteiger partial charge in [0.2, 0.25) is 0 Å². The van der Waals surface area contributed by atoms with E-state index in [9.17, 15) is 0 Å². The van der Waals surface area contributed by atoms with Crippen LogP contribution in [0.15, 0.2) is 12.1 Å². The third-order valence-corrected chi connectivity index (χ3v) is 5.32. The summed E-state index contributed by atoms with van der Waals surface area (Å²) in [4.78, 5) is 0. The van der Waals surface area contributed by atoms with Crippen molar-refractivity contribution < 1.29 is 0 Å². The van der Waals surface area contributed by atoms with E-state index in [1.54, 1.807) is 0 Å². The highest BCUT2D eigenvalue weighted by Gasteiger charge is 2.24. The van der Waals surface area contributed by atoms with Crippen molar-refractivity contribution in [2.75, 3.05) is 0 Å². The zero-order valence-electron chi connectivity index (χ0n) is 13.0. The number of benzene rings is 1. The minimum absolute atomic E-state index is 0.146. The van der Waals surface area contributed by atoms with Crippen LogP contribution in [-0.4, -0.2) is 0 Å². The van der Waals surface area contributed by atoms with Gasteiger partial charge in [0.25, 0.3) is 0 Å². The minimum Gasteiger partial charge on any atom is -0.0727 e. The first-order valence-electron chi connectivity index (χ1n) is 6.85. The highest BCUT2D eigenvalue weighted by molar-refractivity contribution is 8.09. The molecule has 19 heavy (non-hydrogen) atoms. The number of hydrogen-bond donors (Lipinski definition) is 0. The molecule has 0 nitrogen and oxygen atoms in total. The molecular formula is C16H25Cl2P. The van der Waals surface area contributed by atoms with Crippen LogP contribution >= 0.6 is 29.1 Å². The minimum atomic E-state index is -1.11. The van der Waals surface area contributed by atoms with E-state index in [0.717, 1.165) is 0 Å². The van der Waals surface area contributed by atoms with Gasteiger partial charge in [0.15, 0.2) is 0 Å². The van der Waals surface area contributed by atoms with Gasteiger partial charge in [-0.1, -0.05) is 83.1 Å². The molecule has 108 valence electrons. The molecule has 0 saturated heterocycles. The molecule has 1 aromatic rings. The maximum atomic E-state index is 6.30. The first-order valence-corrected chi connectivity index (χ1v) is 10.0. The van der Waals surface area contributed by atoms with Crippen molar-refractivity contribution in [3.63, 3.8) is 0 Å². The molecule has 0 atom stereocenters. The van der Waals surface area contributed by atoms with Crippen LogP contribution in [0.5, 0.6) is 0 Å². The summed E-state index contributed by atoms with van der Waals surface area (Å²) in [5, 5.41) is 1.18. The Morgan fingerprint density at radius 2 is 1.26 bits per heavy atom. The molecule has 1 rings (SSSR count). The average Bonchev–Trinajstić information content (AvgIpc) is 2.25. The Morgan fingerprint density at radius 1 is 0.895 bits per heavy atom. The Balaban J connectivity index is 3.63. The van der Waals surface area contributed by atoms with Crippen molar-refractivity contribution in [1.82, 2.24) is 0 Å². The quantitative estimate of drug-likeness (QED) is 0.547. The van der Waals surface area contributed by atoms with Crippen molar-refractivity contribution in [3.8, 4) is 0 Å². The Bertz CT molecular complexity index is 414. The molecule has 3 heteroatoms. The fourth-order valence-electron chi connectivity index (χ4n) is 2.19. The normalized spacial score (nSPS) is 12.8. The van der Waals surface area contributed by atoms with E-state index in [0.29, 0.717) is 11.8 Å². The molecule has 0 aliphatic carbocycles. The molecule has 0 spiro atoms. The zero-order chi connectivity index (χ0) is 15.0. The second-order valence-electron chi connectivity index (χ2n) is 6.80. The maximum Gasteiger partial charge on any atom is 0.117 e. The summed E-state index contributed by atoms with van der Waals surface area (Å²) in [5.41, 5.74) is 4.14. The van der Waals surface area contributed by atoms with E-state index >= 15 is 0 Å². The lowest BCUT2D eigenvalue weighted by molar-refractivity contribution is 0.587. The molecule has 0 aliphatic rings. The zero-order valence-corrected chi connectivity index (χ0v) is 15.4. The van der Waals surface area contributed by atoms with Crippen LogP contribution < -0.4 is 5.30 Å². The van der Waals surface area contributed by atoms with Crippen LogP contribution in [0.3, 0.4) is 0 Å². The smallest absolute Gasteiger partial charge is 0.0727 e. The Hall–Kier alpha value is 0.230. The van der Waals surface area contributed by atoms with E-state index in [4.69, 9.17) is 22.5 Å². The second-order valence-corrected chi connectivity index (χ2v) is 10.3. The van der Waals surface area contributed by atoms with Crippen molar-refractivity contribution in [3.05, 3.63) is 28.8 Å². The summed E-state index contributed by atoms with van der Waals surface area (Å²) in [7, 11) is 0. The van der Waals surface area contributed by atoms with E-state index in [1.807, 2.05) is 0 Å². The molecule has 0 unspecified atom stereocenters.